The quantitative estimate of drug-likeness (QED) is 0.480. The van der Waals surface area contributed by atoms with Gasteiger partial charge in [0.25, 0.3) is 0 Å². The van der Waals surface area contributed by atoms with E-state index < -0.39 is 11.5 Å². The smallest absolute Gasteiger partial charge is 0.155 e. The van der Waals surface area contributed by atoms with Crippen LogP contribution in [0, 0.1) is 0 Å². The number of rotatable bonds is 1. The molecule has 0 saturated heterocycles. The number of alkyl halides is 1. The molecule has 42 valence electrons. The van der Waals surface area contributed by atoms with Crippen LogP contribution in [0.5, 0.6) is 0 Å². The first-order valence-electron chi connectivity index (χ1n) is 1.98. The number of hydrogen-bond acceptors (Lipinski definition) is 0. The molecule has 0 aromatic carbocycles. The van der Waals surface area contributed by atoms with Gasteiger partial charge in [-0.05, 0) is 13.8 Å². The fourth-order valence-electron chi connectivity index (χ4n) is 0. The van der Waals surface area contributed by atoms with Crippen LogP contribution in [-0.2, 0) is 0 Å². The molecule has 0 rings (SSSR count). The lowest BCUT2D eigenvalue weighted by Gasteiger charge is -2.07. The van der Waals surface area contributed by atoms with Crippen molar-refractivity contribution in [3.8, 4) is 0 Å². The van der Waals surface area contributed by atoms with Gasteiger partial charge in [0.15, 0.2) is 5.67 Å². The minimum Gasteiger partial charge on any atom is -0.237 e. The van der Waals surface area contributed by atoms with E-state index in [1.165, 1.54) is 0 Å². The van der Waals surface area contributed by atoms with Crippen molar-refractivity contribution in [3.05, 3.63) is 12.4 Å². The summed E-state index contributed by atoms with van der Waals surface area (Å²) < 4.78 is 23.7. The molecule has 0 spiro atoms. The molecule has 0 bridgehead atoms. The van der Waals surface area contributed by atoms with Crippen LogP contribution in [0.15, 0.2) is 12.4 Å². The van der Waals surface area contributed by atoms with Crippen molar-refractivity contribution in [1.29, 1.82) is 0 Å². The highest BCUT2D eigenvalue weighted by molar-refractivity contribution is 4.97. The van der Waals surface area contributed by atoms with Gasteiger partial charge in [-0.2, -0.15) is 0 Å². The number of hydrogen-bond donors (Lipinski definition) is 0. The predicted octanol–water partition coefficient (Wildman–Crippen LogP) is 2.22. The van der Waals surface area contributed by atoms with Crippen molar-refractivity contribution in [2.75, 3.05) is 0 Å². The van der Waals surface area contributed by atoms with Crippen LogP contribution in [0.3, 0.4) is 0 Å². The van der Waals surface area contributed by atoms with Crippen LogP contribution in [0.4, 0.5) is 8.78 Å². The zero-order valence-corrected chi connectivity index (χ0v) is 4.46. The standard InChI is InChI=1S/C5H8F2/c1-4(6)5(2,3)7/h1H2,2-3H3. The SMILES string of the molecule is C=C(F)C(C)(C)F. The molecule has 2 heteroatoms. The monoisotopic (exact) mass is 106 g/mol. The van der Waals surface area contributed by atoms with Gasteiger partial charge in [0.2, 0.25) is 0 Å². The van der Waals surface area contributed by atoms with E-state index in [-0.39, 0.29) is 0 Å². The lowest BCUT2D eigenvalue weighted by atomic mass is 10.1. The lowest BCUT2D eigenvalue weighted by molar-refractivity contribution is 0.225. The number of halogens is 2. The van der Waals surface area contributed by atoms with Crippen molar-refractivity contribution in [2.45, 2.75) is 19.5 Å². The summed E-state index contributed by atoms with van der Waals surface area (Å²) in [6.07, 6.45) is 0. The van der Waals surface area contributed by atoms with E-state index >= 15 is 0 Å². The fraction of sp³-hybridized carbons (Fsp3) is 0.600. The second-order valence-corrected chi connectivity index (χ2v) is 1.88. The Morgan fingerprint density at radius 2 is 1.71 bits per heavy atom. The van der Waals surface area contributed by atoms with Crippen LogP contribution in [0.2, 0.25) is 0 Å². The predicted molar refractivity (Wildman–Crippen MR) is 25.4 cm³/mol. The summed E-state index contributed by atoms with van der Waals surface area (Å²) in [4.78, 5) is 0. The Labute approximate surface area is 41.8 Å². The summed E-state index contributed by atoms with van der Waals surface area (Å²) in [5, 5.41) is 0. The minimum atomic E-state index is -1.86. The molecule has 0 aromatic rings. The molecule has 0 nitrogen and oxygen atoms in total. The Hall–Kier alpha value is -0.400. The molecule has 0 heterocycles. The van der Waals surface area contributed by atoms with Gasteiger partial charge in [-0.3, -0.25) is 0 Å². The van der Waals surface area contributed by atoms with Crippen molar-refractivity contribution >= 4 is 0 Å². The molecular formula is C5H8F2. The third-order valence-electron chi connectivity index (χ3n) is 0.645. The maximum Gasteiger partial charge on any atom is 0.155 e. The van der Waals surface area contributed by atoms with Gasteiger partial charge in [0, 0.05) is 0 Å². The summed E-state index contributed by atoms with van der Waals surface area (Å²) in [5.41, 5.74) is -1.86. The molecule has 0 saturated carbocycles. The summed E-state index contributed by atoms with van der Waals surface area (Å²) >= 11 is 0. The van der Waals surface area contributed by atoms with E-state index in [1.54, 1.807) is 0 Å². The molecule has 0 amide bonds. The summed E-state index contributed by atoms with van der Waals surface area (Å²) in [7, 11) is 0. The van der Waals surface area contributed by atoms with Crippen LogP contribution in [0.1, 0.15) is 13.8 Å². The van der Waals surface area contributed by atoms with Crippen LogP contribution in [0.25, 0.3) is 0 Å². The van der Waals surface area contributed by atoms with Gasteiger partial charge < -0.3 is 0 Å². The molecule has 0 atom stereocenters. The Morgan fingerprint density at radius 3 is 1.71 bits per heavy atom. The molecule has 7 heavy (non-hydrogen) atoms. The van der Waals surface area contributed by atoms with Gasteiger partial charge >= 0.3 is 0 Å². The Balaban J connectivity index is 3.79. The van der Waals surface area contributed by atoms with E-state index in [4.69, 9.17) is 0 Å². The van der Waals surface area contributed by atoms with Crippen LogP contribution in [-0.4, -0.2) is 5.67 Å². The van der Waals surface area contributed by atoms with E-state index in [0.717, 1.165) is 13.8 Å². The zero-order chi connectivity index (χ0) is 6.08. The van der Waals surface area contributed by atoms with E-state index in [1.807, 2.05) is 0 Å². The summed E-state index contributed by atoms with van der Waals surface area (Å²) in [6, 6.07) is 0. The van der Waals surface area contributed by atoms with Crippen LogP contribution >= 0.6 is 0 Å². The minimum absolute atomic E-state index is 0.924. The van der Waals surface area contributed by atoms with Crippen molar-refractivity contribution in [3.63, 3.8) is 0 Å². The first kappa shape index (κ1) is 6.60. The first-order valence-corrected chi connectivity index (χ1v) is 1.98. The third kappa shape index (κ3) is 2.31. The molecule has 0 aliphatic carbocycles. The average molecular weight is 106 g/mol. The molecule has 0 fully saturated rings. The van der Waals surface area contributed by atoms with Crippen molar-refractivity contribution < 1.29 is 8.78 Å². The fourth-order valence-corrected chi connectivity index (χ4v) is 0. The zero-order valence-electron chi connectivity index (χ0n) is 4.46. The van der Waals surface area contributed by atoms with Crippen molar-refractivity contribution in [1.82, 2.24) is 0 Å². The van der Waals surface area contributed by atoms with E-state index in [0.29, 0.717) is 0 Å². The molecule has 0 aliphatic heterocycles. The van der Waals surface area contributed by atoms with E-state index in [2.05, 4.69) is 6.58 Å². The van der Waals surface area contributed by atoms with Gasteiger partial charge in [0.05, 0.1) is 0 Å². The van der Waals surface area contributed by atoms with Gasteiger partial charge in [-0.25, -0.2) is 8.78 Å². The normalized spacial score (nSPS) is 11.4. The highest BCUT2D eigenvalue weighted by atomic mass is 19.2. The second-order valence-electron chi connectivity index (χ2n) is 1.88. The average Bonchev–Trinajstić information content (AvgIpc) is 1.31. The van der Waals surface area contributed by atoms with Gasteiger partial charge in [-0.15, -0.1) is 0 Å². The molecular weight excluding hydrogens is 98.1 g/mol. The molecule has 0 aromatic heterocycles. The Morgan fingerprint density at radius 1 is 1.57 bits per heavy atom. The second kappa shape index (κ2) is 1.60. The van der Waals surface area contributed by atoms with Crippen LogP contribution < -0.4 is 0 Å². The topological polar surface area (TPSA) is 0 Å². The van der Waals surface area contributed by atoms with Gasteiger partial charge in [-0.1, -0.05) is 6.58 Å². The molecule has 0 N–H and O–H groups in total. The first-order chi connectivity index (χ1) is 2.94. The Kier molecular flexibility index (Phi) is 1.51. The van der Waals surface area contributed by atoms with E-state index in [9.17, 15) is 8.78 Å². The Bertz CT molecular complexity index is 78.6. The largest absolute Gasteiger partial charge is 0.237 e. The maximum atomic E-state index is 12.0. The highest BCUT2D eigenvalue weighted by Gasteiger charge is 2.19. The van der Waals surface area contributed by atoms with Gasteiger partial charge in [0.1, 0.15) is 5.83 Å². The summed E-state index contributed by atoms with van der Waals surface area (Å²) in [5.74, 6) is -0.924. The molecule has 0 unspecified atom stereocenters. The third-order valence-corrected chi connectivity index (χ3v) is 0.645. The highest BCUT2D eigenvalue weighted by Crippen LogP contribution is 2.18. The lowest BCUT2D eigenvalue weighted by Crippen LogP contribution is -2.10. The van der Waals surface area contributed by atoms with Crippen molar-refractivity contribution in [2.24, 2.45) is 0 Å². The molecule has 0 aliphatic rings. The number of allylic oxidation sites excluding steroid dienone is 1. The summed E-state index contributed by atoms with van der Waals surface area (Å²) in [6.45, 7) is 5.03. The maximum absolute atomic E-state index is 12.0. The molecule has 0 radical (unpaired) electrons.